The summed E-state index contributed by atoms with van der Waals surface area (Å²) in [6.45, 7) is -2.70. The van der Waals surface area contributed by atoms with Gasteiger partial charge in [0.1, 0.15) is 0 Å². The van der Waals surface area contributed by atoms with E-state index >= 15 is 0 Å². The van der Waals surface area contributed by atoms with Crippen LogP contribution in [0.5, 0.6) is 0 Å². The summed E-state index contributed by atoms with van der Waals surface area (Å²) in [5.74, 6) is 0. The Hall–Kier alpha value is -3.20. The highest BCUT2D eigenvalue weighted by Crippen LogP contribution is 1.99. The van der Waals surface area contributed by atoms with Crippen molar-refractivity contribution in [1.82, 2.24) is 20.0 Å². The second kappa shape index (κ2) is 7.40. The van der Waals surface area contributed by atoms with Crippen molar-refractivity contribution in [2.24, 2.45) is 0 Å². The van der Waals surface area contributed by atoms with Crippen LogP contribution in [0.15, 0.2) is 0 Å². The van der Waals surface area contributed by atoms with Gasteiger partial charge in [-0.2, -0.15) is 0 Å². The van der Waals surface area contributed by atoms with Crippen LogP contribution in [-0.4, -0.2) is 74.3 Å². The van der Waals surface area contributed by atoms with Crippen LogP contribution >= 0.6 is 0 Å². The predicted octanol–water partition coefficient (Wildman–Crippen LogP) is -1.91. The van der Waals surface area contributed by atoms with Crippen molar-refractivity contribution in [3.05, 3.63) is 40.5 Å². The smallest absolute Gasteiger partial charge is 0.212 e. The van der Waals surface area contributed by atoms with E-state index in [4.69, 9.17) is 0 Å². The first-order valence-electron chi connectivity index (χ1n) is 5.05. The van der Waals surface area contributed by atoms with Crippen molar-refractivity contribution in [3.63, 3.8) is 0 Å². The van der Waals surface area contributed by atoms with Crippen LogP contribution in [0.1, 0.15) is 0 Å². The second-order valence-electron chi connectivity index (χ2n) is 3.70. The third-order valence-corrected chi connectivity index (χ3v) is 2.08. The van der Waals surface area contributed by atoms with Gasteiger partial charge in [-0.05, 0) is 0 Å². The molecular weight excluding hydrogens is 300 g/mol. The van der Waals surface area contributed by atoms with Gasteiger partial charge in [-0.1, -0.05) is 10.0 Å². The minimum absolute atomic E-state index is 0.166. The van der Waals surface area contributed by atoms with Crippen LogP contribution in [0.3, 0.4) is 0 Å². The predicted molar refractivity (Wildman–Crippen MR) is 61.8 cm³/mol. The summed E-state index contributed by atoms with van der Waals surface area (Å²) in [6, 6.07) is 0. The molecule has 0 unspecified atom stereocenters. The number of hydrogen-bond acceptors (Lipinski definition) is 8. The van der Waals surface area contributed by atoms with E-state index in [2.05, 4.69) is 0 Å². The Bertz CT molecular complexity index is 391. The topological polar surface area (TPSA) is 186 Å². The fourth-order valence-electron chi connectivity index (χ4n) is 1.06. The van der Waals surface area contributed by atoms with E-state index in [9.17, 15) is 40.5 Å². The van der Waals surface area contributed by atoms with E-state index < -0.39 is 40.1 Å². The van der Waals surface area contributed by atoms with Gasteiger partial charge in [-0.15, -0.1) is 10.0 Å². The normalized spacial score (nSPS) is 9.62. The van der Waals surface area contributed by atoms with Crippen molar-refractivity contribution < 1.29 is 20.1 Å². The van der Waals surface area contributed by atoms with Gasteiger partial charge in [0.2, 0.25) is 20.0 Å². The maximum absolute atomic E-state index is 10.7. The maximum Gasteiger partial charge on any atom is 0.212 e. The lowest BCUT2D eigenvalue weighted by molar-refractivity contribution is -0.747. The summed E-state index contributed by atoms with van der Waals surface area (Å²) >= 11 is 0. The first kappa shape index (κ1) is 17.8. The molecule has 0 heterocycles. The Morgan fingerprint density at radius 3 is 1.10 bits per heavy atom. The standard InChI is InChI=1S/C5H12N8O8/c1-6(10(14)15)3-8(12(18)19)5-9(13(20)21)4-7(2)11(16)17/h3-5H2,1-2H3. The number of hydrazine groups is 4. The van der Waals surface area contributed by atoms with Crippen molar-refractivity contribution in [3.8, 4) is 0 Å². The molecular formula is C5H12N8O8. The zero-order valence-corrected chi connectivity index (χ0v) is 11.0. The van der Waals surface area contributed by atoms with Gasteiger partial charge in [0.15, 0.2) is 20.1 Å². The van der Waals surface area contributed by atoms with Gasteiger partial charge in [0.05, 0.1) is 14.1 Å². The van der Waals surface area contributed by atoms with E-state index in [1.54, 1.807) is 0 Å². The summed E-state index contributed by atoms with van der Waals surface area (Å²) in [6.07, 6.45) is 0. The molecule has 0 aromatic carbocycles. The molecule has 16 heteroatoms. The van der Waals surface area contributed by atoms with E-state index in [-0.39, 0.29) is 10.0 Å². The number of nitrogens with zero attached hydrogens (tertiary/aromatic N) is 8. The Balaban J connectivity index is 4.91. The molecule has 0 saturated heterocycles. The SMILES string of the molecule is CN(CN(CN(CN(C)[N+](=O)[O-])[N+](=O)[O-])[N+](=O)[O-])[N+](=O)[O-]. The Kier molecular flexibility index (Phi) is 6.28. The molecule has 0 aliphatic rings. The maximum atomic E-state index is 10.7. The van der Waals surface area contributed by atoms with Gasteiger partial charge in [-0.3, -0.25) is 0 Å². The third-order valence-electron chi connectivity index (χ3n) is 2.08. The van der Waals surface area contributed by atoms with Crippen molar-refractivity contribution in [2.75, 3.05) is 34.1 Å². The molecule has 21 heavy (non-hydrogen) atoms. The molecule has 0 aromatic rings. The quantitative estimate of drug-likeness (QED) is 0.248. The minimum atomic E-state index is -1.08. The molecule has 120 valence electrons. The first-order chi connectivity index (χ1) is 9.56. The number of nitro groups is 4. The molecule has 0 aromatic heterocycles. The van der Waals surface area contributed by atoms with Crippen molar-refractivity contribution >= 4 is 0 Å². The summed E-state index contributed by atoms with van der Waals surface area (Å²) in [5, 5.41) is 39.1. The van der Waals surface area contributed by atoms with Gasteiger partial charge in [0, 0.05) is 0 Å². The fraction of sp³-hybridized carbons (Fsp3) is 1.00. The number of rotatable bonds is 10. The highest BCUT2D eigenvalue weighted by atomic mass is 16.7. The van der Waals surface area contributed by atoms with Crippen molar-refractivity contribution in [1.29, 1.82) is 0 Å². The highest BCUT2D eigenvalue weighted by Gasteiger charge is 2.31. The molecule has 0 saturated carbocycles. The molecule has 0 amide bonds. The second-order valence-corrected chi connectivity index (χ2v) is 3.70. The average molecular weight is 312 g/mol. The summed E-state index contributed by atoms with van der Waals surface area (Å²) < 4.78 is 0. The van der Waals surface area contributed by atoms with E-state index in [1.165, 1.54) is 0 Å². The molecule has 0 spiro atoms. The molecule has 0 aliphatic carbocycles. The molecule has 0 N–H and O–H groups in total. The fourth-order valence-corrected chi connectivity index (χ4v) is 1.06. The average Bonchev–Trinajstić information content (AvgIpc) is 2.35. The van der Waals surface area contributed by atoms with E-state index in [0.717, 1.165) is 14.1 Å². The monoisotopic (exact) mass is 312 g/mol. The zero-order chi connectivity index (χ0) is 16.7. The van der Waals surface area contributed by atoms with Gasteiger partial charge < -0.3 is 0 Å². The Morgan fingerprint density at radius 1 is 0.619 bits per heavy atom. The van der Waals surface area contributed by atoms with Gasteiger partial charge in [-0.25, -0.2) is 40.5 Å². The first-order valence-corrected chi connectivity index (χ1v) is 5.05. The van der Waals surface area contributed by atoms with Gasteiger partial charge >= 0.3 is 0 Å². The largest absolute Gasteiger partial charge is 0.235 e. The molecule has 0 fully saturated rings. The van der Waals surface area contributed by atoms with Crippen LogP contribution in [0, 0.1) is 40.5 Å². The van der Waals surface area contributed by atoms with Crippen LogP contribution in [0.25, 0.3) is 0 Å². The zero-order valence-electron chi connectivity index (χ0n) is 11.0. The van der Waals surface area contributed by atoms with E-state index in [0.29, 0.717) is 10.0 Å². The van der Waals surface area contributed by atoms with Crippen molar-refractivity contribution in [2.45, 2.75) is 0 Å². The molecule has 0 rings (SSSR count). The lowest BCUT2D eigenvalue weighted by Gasteiger charge is -2.21. The van der Waals surface area contributed by atoms with Crippen LogP contribution in [-0.2, 0) is 0 Å². The minimum Gasteiger partial charge on any atom is -0.235 e. The van der Waals surface area contributed by atoms with Crippen LogP contribution in [0.2, 0.25) is 0 Å². The molecule has 0 aliphatic heterocycles. The Labute approximate surface area is 116 Å². The lowest BCUT2D eigenvalue weighted by atomic mass is 10.8. The third kappa shape index (κ3) is 5.98. The molecule has 0 bridgehead atoms. The summed E-state index contributed by atoms with van der Waals surface area (Å²) in [7, 11) is 1.85. The highest BCUT2D eigenvalue weighted by molar-refractivity contribution is 4.41. The van der Waals surface area contributed by atoms with Crippen LogP contribution in [0.4, 0.5) is 0 Å². The van der Waals surface area contributed by atoms with Crippen LogP contribution < -0.4 is 0 Å². The molecule has 0 radical (unpaired) electrons. The lowest BCUT2D eigenvalue weighted by Crippen LogP contribution is -2.51. The van der Waals surface area contributed by atoms with Gasteiger partial charge in [0.25, 0.3) is 0 Å². The molecule has 16 nitrogen and oxygen atoms in total. The number of hydrogen-bond donors (Lipinski definition) is 0. The summed E-state index contributed by atoms with van der Waals surface area (Å²) in [4.78, 5) is 42.2. The molecule has 0 atom stereocenters. The van der Waals surface area contributed by atoms with E-state index in [1.807, 2.05) is 0 Å². The summed E-state index contributed by atoms with van der Waals surface area (Å²) in [5.41, 5.74) is 0. The Morgan fingerprint density at radius 2 is 0.905 bits per heavy atom.